The molecule has 1 rings (SSSR count). The van der Waals surface area contributed by atoms with E-state index in [1.165, 1.54) is 12.1 Å². The third-order valence-corrected chi connectivity index (χ3v) is 3.27. The normalized spacial score (nSPS) is 14.2. The van der Waals surface area contributed by atoms with Crippen LogP contribution in [-0.4, -0.2) is 38.0 Å². The molecule has 0 aromatic heterocycles. The summed E-state index contributed by atoms with van der Waals surface area (Å²) >= 11 is 0. The summed E-state index contributed by atoms with van der Waals surface area (Å²) in [7, 11) is 3.54. The molecule has 0 fully saturated rings. The van der Waals surface area contributed by atoms with Gasteiger partial charge in [0.25, 0.3) is 0 Å². The van der Waals surface area contributed by atoms with Gasteiger partial charge in [0.15, 0.2) is 0 Å². The zero-order chi connectivity index (χ0) is 14.4. The summed E-state index contributed by atoms with van der Waals surface area (Å²) in [5.41, 5.74) is 6.75. The van der Waals surface area contributed by atoms with Gasteiger partial charge in [0.2, 0.25) is 5.91 Å². The van der Waals surface area contributed by atoms with E-state index in [9.17, 15) is 9.18 Å². The Kier molecular flexibility index (Phi) is 5.92. The number of benzene rings is 1. The van der Waals surface area contributed by atoms with E-state index in [-0.39, 0.29) is 23.7 Å². The van der Waals surface area contributed by atoms with Gasteiger partial charge in [-0.25, -0.2) is 4.39 Å². The standard InChI is InChI=1S/C14H22FN3O/c1-10(14(19)17-2)9-18(3)13(8-16)11-4-6-12(15)7-5-11/h4-7,10,13H,8-9,16H2,1-3H3,(H,17,19). The summed E-state index contributed by atoms with van der Waals surface area (Å²) in [6, 6.07) is 6.29. The number of rotatable bonds is 6. The van der Waals surface area contributed by atoms with Crippen molar-refractivity contribution in [2.45, 2.75) is 13.0 Å². The van der Waals surface area contributed by atoms with Crippen molar-refractivity contribution in [2.24, 2.45) is 11.7 Å². The van der Waals surface area contributed by atoms with Gasteiger partial charge in [-0.3, -0.25) is 9.69 Å². The van der Waals surface area contributed by atoms with Gasteiger partial charge in [-0.1, -0.05) is 19.1 Å². The molecule has 0 radical (unpaired) electrons. The van der Waals surface area contributed by atoms with Crippen molar-refractivity contribution in [3.63, 3.8) is 0 Å². The molecule has 1 aromatic rings. The molecule has 106 valence electrons. The van der Waals surface area contributed by atoms with Crippen molar-refractivity contribution in [3.8, 4) is 0 Å². The molecular formula is C14H22FN3O. The molecule has 3 N–H and O–H groups in total. The van der Waals surface area contributed by atoms with Crippen molar-refractivity contribution < 1.29 is 9.18 Å². The van der Waals surface area contributed by atoms with Gasteiger partial charge in [0.1, 0.15) is 5.82 Å². The topological polar surface area (TPSA) is 58.4 Å². The largest absolute Gasteiger partial charge is 0.359 e. The summed E-state index contributed by atoms with van der Waals surface area (Å²) in [4.78, 5) is 13.5. The molecule has 0 aliphatic carbocycles. The maximum Gasteiger partial charge on any atom is 0.223 e. The third kappa shape index (κ3) is 4.29. The number of carbonyl (C=O) groups excluding carboxylic acids is 1. The lowest BCUT2D eigenvalue weighted by Gasteiger charge is -2.29. The van der Waals surface area contributed by atoms with Gasteiger partial charge in [0.05, 0.1) is 0 Å². The number of hydrogen-bond acceptors (Lipinski definition) is 3. The molecule has 0 spiro atoms. The SMILES string of the molecule is CNC(=O)C(C)CN(C)C(CN)c1ccc(F)cc1. The van der Waals surface area contributed by atoms with Crippen LogP contribution < -0.4 is 11.1 Å². The number of nitrogens with two attached hydrogens (primary N) is 1. The molecule has 19 heavy (non-hydrogen) atoms. The predicted octanol–water partition coefficient (Wildman–Crippen LogP) is 1.14. The zero-order valence-corrected chi connectivity index (χ0v) is 11.7. The van der Waals surface area contributed by atoms with Crippen LogP contribution in [-0.2, 0) is 4.79 Å². The van der Waals surface area contributed by atoms with Crippen molar-refractivity contribution in [1.82, 2.24) is 10.2 Å². The molecule has 0 heterocycles. The average molecular weight is 267 g/mol. The Labute approximate surface area is 113 Å². The summed E-state index contributed by atoms with van der Waals surface area (Å²) in [6.07, 6.45) is 0. The van der Waals surface area contributed by atoms with Gasteiger partial charge >= 0.3 is 0 Å². The zero-order valence-electron chi connectivity index (χ0n) is 11.7. The number of nitrogens with zero attached hydrogens (tertiary/aromatic N) is 1. The van der Waals surface area contributed by atoms with Crippen LogP contribution >= 0.6 is 0 Å². The minimum Gasteiger partial charge on any atom is -0.359 e. The van der Waals surface area contributed by atoms with Gasteiger partial charge in [0, 0.05) is 32.1 Å². The summed E-state index contributed by atoms with van der Waals surface area (Å²) in [5, 5.41) is 2.63. The highest BCUT2D eigenvalue weighted by molar-refractivity contribution is 5.78. The van der Waals surface area contributed by atoms with E-state index in [0.29, 0.717) is 13.1 Å². The van der Waals surface area contributed by atoms with Crippen LogP contribution in [0, 0.1) is 11.7 Å². The van der Waals surface area contributed by atoms with Crippen LogP contribution in [0.15, 0.2) is 24.3 Å². The molecule has 2 unspecified atom stereocenters. The molecule has 1 amide bonds. The molecule has 5 heteroatoms. The monoisotopic (exact) mass is 267 g/mol. The first kappa shape index (κ1) is 15.6. The first-order chi connectivity index (χ1) is 8.99. The number of amides is 1. The highest BCUT2D eigenvalue weighted by Crippen LogP contribution is 2.19. The minimum absolute atomic E-state index is 0.00160. The van der Waals surface area contributed by atoms with Gasteiger partial charge in [-0.05, 0) is 24.7 Å². The van der Waals surface area contributed by atoms with Crippen LogP contribution in [0.25, 0.3) is 0 Å². The Morgan fingerprint density at radius 3 is 2.47 bits per heavy atom. The van der Waals surface area contributed by atoms with E-state index in [2.05, 4.69) is 5.32 Å². The maximum absolute atomic E-state index is 12.9. The number of likely N-dealkylation sites (N-methyl/N-ethyl adjacent to an activating group) is 1. The number of carbonyl (C=O) groups is 1. The summed E-state index contributed by atoms with van der Waals surface area (Å²) in [5.74, 6) is -0.382. The number of nitrogens with one attached hydrogen (secondary N) is 1. The number of halogens is 1. The second-order valence-electron chi connectivity index (χ2n) is 4.76. The van der Waals surface area contributed by atoms with Crippen LogP contribution in [0.5, 0.6) is 0 Å². The van der Waals surface area contributed by atoms with E-state index in [1.54, 1.807) is 19.2 Å². The molecule has 0 saturated heterocycles. The maximum atomic E-state index is 12.9. The highest BCUT2D eigenvalue weighted by Gasteiger charge is 2.20. The van der Waals surface area contributed by atoms with Crippen LogP contribution in [0.1, 0.15) is 18.5 Å². The molecule has 0 aliphatic rings. The summed E-state index contributed by atoms with van der Waals surface area (Å²) in [6.45, 7) is 2.88. The van der Waals surface area contributed by atoms with E-state index < -0.39 is 0 Å². The van der Waals surface area contributed by atoms with Crippen LogP contribution in [0.3, 0.4) is 0 Å². The molecule has 1 aromatic carbocycles. The molecule has 4 nitrogen and oxygen atoms in total. The van der Waals surface area contributed by atoms with E-state index in [4.69, 9.17) is 5.73 Å². The van der Waals surface area contributed by atoms with Crippen LogP contribution in [0.2, 0.25) is 0 Å². The van der Waals surface area contributed by atoms with E-state index >= 15 is 0 Å². The average Bonchev–Trinajstić information content (AvgIpc) is 2.40. The lowest BCUT2D eigenvalue weighted by Crippen LogP contribution is -2.38. The second-order valence-corrected chi connectivity index (χ2v) is 4.76. The predicted molar refractivity (Wildman–Crippen MR) is 74.1 cm³/mol. The third-order valence-electron chi connectivity index (χ3n) is 3.27. The first-order valence-electron chi connectivity index (χ1n) is 6.37. The fourth-order valence-corrected chi connectivity index (χ4v) is 2.14. The van der Waals surface area contributed by atoms with Gasteiger partial charge < -0.3 is 11.1 Å². The van der Waals surface area contributed by atoms with Gasteiger partial charge in [-0.2, -0.15) is 0 Å². The van der Waals surface area contributed by atoms with Gasteiger partial charge in [-0.15, -0.1) is 0 Å². The fraction of sp³-hybridized carbons (Fsp3) is 0.500. The lowest BCUT2D eigenvalue weighted by molar-refractivity contribution is -0.124. The molecule has 2 atom stereocenters. The first-order valence-corrected chi connectivity index (χ1v) is 6.37. The lowest BCUT2D eigenvalue weighted by atomic mass is 10.0. The molecule has 0 saturated carbocycles. The quantitative estimate of drug-likeness (QED) is 0.812. The van der Waals surface area contributed by atoms with Crippen molar-refractivity contribution in [1.29, 1.82) is 0 Å². The van der Waals surface area contributed by atoms with Crippen molar-refractivity contribution in [3.05, 3.63) is 35.6 Å². The van der Waals surface area contributed by atoms with E-state index in [1.807, 2.05) is 18.9 Å². The molecule has 0 aliphatic heterocycles. The highest BCUT2D eigenvalue weighted by atomic mass is 19.1. The smallest absolute Gasteiger partial charge is 0.223 e. The fourth-order valence-electron chi connectivity index (χ4n) is 2.14. The minimum atomic E-state index is -0.263. The summed E-state index contributed by atoms with van der Waals surface area (Å²) < 4.78 is 12.9. The Morgan fingerprint density at radius 1 is 1.42 bits per heavy atom. The molecule has 0 bridgehead atoms. The van der Waals surface area contributed by atoms with Crippen molar-refractivity contribution in [2.75, 3.05) is 27.2 Å². The van der Waals surface area contributed by atoms with Crippen molar-refractivity contribution >= 4 is 5.91 Å². The Balaban J connectivity index is 2.74. The molecular weight excluding hydrogens is 245 g/mol. The number of hydrogen-bond donors (Lipinski definition) is 2. The Hall–Kier alpha value is -1.46. The Morgan fingerprint density at radius 2 is 2.00 bits per heavy atom. The second kappa shape index (κ2) is 7.21. The Bertz CT molecular complexity index is 408. The van der Waals surface area contributed by atoms with Crippen LogP contribution in [0.4, 0.5) is 4.39 Å². The van der Waals surface area contributed by atoms with E-state index in [0.717, 1.165) is 5.56 Å².